The lowest BCUT2D eigenvalue weighted by Gasteiger charge is -2.11. The molecule has 15 heavy (non-hydrogen) atoms. The lowest BCUT2D eigenvalue weighted by atomic mass is 10.4. The number of pyridine rings is 1. The van der Waals surface area contributed by atoms with Crippen LogP contribution in [0.5, 0.6) is 0 Å². The minimum atomic E-state index is -0.333. The van der Waals surface area contributed by atoms with E-state index in [0.717, 1.165) is 5.69 Å². The normalized spacial score (nSPS) is 11.3. The minimum absolute atomic E-state index is 0.333. The van der Waals surface area contributed by atoms with E-state index >= 15 is 0 Å². The zero-order chi connectivity index (χ0) is 11.3. The molecule has 0 saturated heterocycles. The predicted molar refractivity (Wildman–Crippen MR) is 56.9 cm³/mol. The van der Waals surface area contributed by atoms with Crippen LogP contribution in [0.2, 0.25) is 0 Å². The number of hydrogen-bond donors (Lipinski definition) is 0. The van der Waals surface area contributed by atoms with Gasteiger partial charge in [0.05, 0.1) is 0 Å². The average Bonchev–Trinajstić information content (AvgIpc) is 2.18. The summed E-state index contributed by atoms with van der Waals surface area (Å²) in [5.74, 6) is -0.333. The average molecular weight is 208 g/mol. The maximum atomic E-state index is 11.1. The number of rotatable bonds is 4. The Morgan fingerprint density at radius 3 is 2.53 bits per heavy atom. The highest BCUT2D eigenvalue weighted by Crippen LogP contribution is 2.05. The summed E-state index contributed by atoms with van der Waals surface area (Å²) in [4.78, 5) is 1.99. The zero-order valence-electron chi connectivity index (χ0n) is 9.30. The first-order chi connectivity index (χ1) is 7.13. The first-order valence-electron chi connectivity index (χ1n) is 4.83. The fourth-order valence-corrected chi connectivity index (χ4v) is 1.12. The van der Waals surface area contributed by atoms with Crippen LogP contribution in [0.3, 0.4) is 0 Å². The molecule has 0 spiro atoms. The standard InChI is InChI=1S/C11H16N2O2/c1-4-15-11(14)9-13-7-5-10(6-8-13)12(2)3/h5-9H,4H2,1-3H3/b11-9+. The van der Waals surface area contributed by atoms with Gasteiger partial charge in [-0.05, 0) is 6.61 Å². The molecule has 0 N–H and O–H groups in total. The van der Waals surface area contributed by atoms with Crippen molar-refractivity contribution in [1.29, 1.82) is 0 Å². The summed E-state index contributed by atoms with van der Waals surface area (Å²) < 4.78 is 6.47. The maximum absolute atomic E-state index is 11.1. The van der Waals surface area contributed by atoms with E-state index in [1.54, 1.807) is 11.5 Å². The van der Waals surface area contributed by atoms with Crippen LogP contribution < -0.4 is 14.6 Å². The fourth-order valence-electron chi connectivity index (χ4n) is 1.12. The first-order valence-corrected chi connectivity index (χ1v) is 4.83. The van der Waals surface area contributed by atoms with Crippen LogP contribution in [0.4, 0.5) is 5.69 Å². The van der Waals surface area contributed by atoms with Gasteiger partial charge in [-0.15, -0.1) is 0 Å². The third-order valence-electron chi connectivity index (χ3n) is 1.89. The molecule has 1 aromatic rings. The van der Waals surface area contributed by atoms with Gasteiger partial charge in [-0.25, -0.2) is 0 Å². The molecule has 1 aromatic heterocycles. The van der Waals surface area contributed by atoms with Gasteiger partial charge in [0.2, 0.25) is 0 Å². The van der Waals surface area contributed by atoms with Crippen LogP contribution >= 0.6 is 0 Å². The molecule has 82 valence electrons. The van der Waals surface area contributed by atoms with Crippen molar-refractivity contribution >= 4 is 11.9 Å². The molecule has 0 aliphatic rings. The molecule has 0 aliphatic heterocycles. The van der Waals surface area contributed by atoms with Gasteiger partial charge in [-0.3, -0.25) is 0 Å². The van der Waals surface area contributed by atoms with Crippen molar-refractivity contribution in [3.05, 3.63) is 30.5 Å². The van der Waals surface area contributed by atoms with E-state index in [1.807, 2.05) is 43.5 Å². The summed E-state index contributed by atoms with van der Waals surface area (Å²) in [5.41, 5.74) is 1.09. The Hall–Kier alpha value is -1.71. The highest BCUT2D eigenvalue weighted by molar-refractivity contribution is 5.41. The second-order valence-electron chi connectivity index (χ2n) is 3.28. The van der Waals surface area contributed by atoms with Gasteiger partial charge in [-0.2, -0.15) is 4.57 Å². The summed E-state index contributed by atoms with van der Waals surface area (Å²) in [6, 6.07) is 3.85. The number of ether oxygens (including phenoxy) is 1. The van der Waals surface area contributed by atoms with Crippen LogP contribution in [0.15, 0.2) is 30.5 Å². The van der Waals surface area contributed by atoms with Gasteiger partial charge in [0.1, 0.15) is 5.95 Å². The van der Waals surface area contributed by atoms with Crippen molar-refractivity contribution < 1.29 is 14.4 Å². The van der Waals surface area contributed by atoms with Crippen LogP contribution in [0.25, 0.3) is 6.20 Å². The third kappa shape index (κ3) is 3.50. The zero-order valence-corrected chi connectivity index (χ0v) is 9.30. The Bertz CT molecular complexity index is 331. The second-order valence-corrected chi connectivity index (χ2v) is 3.28. The fraction of sp³-hybridized carbons (Fsp3) is 0.364. The third-order valence-corrected chi connectivity index (χ3v) is 1.89. The highest BCUT2D eigenvalue weighted by atomic mass is 16.6. The summed E-state index contributed by atoms with van der Waals surface area (Å²) in [5, 5.41) is 11.1. The minimum Gasteiger partial charge on any atom is -0.610 e. The maximum Gasteiger partial charge on any atom is 0.196 e. The SMILES string of the molecule is CCO/C([O-])=C/[n+]1ccc(N(C)C)cc1. The van der Waals surface area contributed by atoms with E-state index in [1.165, 1.54) is 6.20 Å². The van der Waals surface area contributed by atoms with Crippen molar-refractivity contribution in [2.45, 2.75) is 6.92 Å². The topological polar surface area (TPSA) is 39.4 Å². The van der Waals surface area contributed by atoms with Crippen molar-refractivity contribution in [2.75, 3.05) is 25.6 Å². The molecule has 1 heterocycles. The quantitative estimate of drug-likeness (QED) is 0.524. The number of hydrogen-bond acceptors (Lipinski definition) is 3. The molecule has 0 bridgehead atoms. The van der Waals surface area contributed by atoms with Gasteiger partial charge in [0, 0.05) is 31.9 Å². The predicted octanol–water partition coefficient (Wildman–Crippen LogP) is 0.193. The molecule has 0 atom stereocenters. The Morgan fingerprint density at radius 2 is 2.07 bits per heavy atom. The molecule has 4 nitrogen and oxygen atoms in total. The Balaban J connectivity index is 2.76. The first kappa shape index (κ1) is 11.4. The van der Waals surface area contributed by atoms with Crippen molar-refractivity contribution in [3.8, 4) is 0 Å². The number of anilines is 1. The molecule has 0 fully saturated rings. The van der Waals surface area contributed by atoms with Crippen LogP contribution in [-0.4, -0.2) is 20.7 Å². The molecule has 0 amide bonds. The molecule has 0 aromatic carbocycles. The van der Waals surface area contributed by atoms with Crippen LogP contribution in [0.1, 0.15) is 6.92 Å². The van der Waals surface area contributed by atoms with Crippen molar-refractivity contribution in [1.82, 2.24) is 0 Å². The molecular formula is C11H16N2O2. The van der Waals surface area contributed by atoms with Gasteiger partial charge in [-0.1, -0.05) is 6.92 Å². The Labute approximate surface area is 90.0 Å². The number of nitrogens with zero attached hydrogens (tertiary/aromatic N) is 2. The van der Waals surface area contributed by atoms with Crippen LogP contribution in [0, 0.1) is 0 Å². The second kappa shape index (κ2) is 5.24. The Morgan fingerprint density at radius 1 is 1.47 bits per heavy atom. The van der Waals surface area contributed by atoms with Gasteiger partial charge in [0.25, 0.3) is 0 Å². The highest BCUT2D eigenvalue weighted by Gasteiger charge is 1.99. The van der Waals surface area contributed by atoms with E-state index in [4.69, 9.17) is 4.74 Å². The molecule has 4 heteroatoms. The smallest absolute Gasteiger partial charge is 0.196 e. The monoisotopic (exact) mass is 208 g/mol. The number of aromatic nitrogens is 1. The van der Waals surface area contributed by atoms with E-state index in [9.17, 15) is 5.11 Å². The molecule has 0 unspecified atom stereocenters. The van der Waals surface area contributed by atoms with Gasteiger partial charge in [0.15, 0.2) is 18.6 Å². The van der Waals surface area contributed by atoms with Crippen molar-refractivity contribution in [2.24, 2.45) is 0 Å². The molecular weight excluding hydrogens is 192 g/mol. The van der Waals surface area contributed by atoms with Crippen LogP contribution in [-0.2, 0) is 4.74 Å². The largest absolute Gasteiger partial charge is 0.610 e. The molecule has 0 aliphatic carbocycles. The van der Waals surface area contributed by atoms with Gasteiger partial charge < -0.3 is 14.7 Å². The molecule has 1 rings (SSSR count). The van der Waals surface area contributed by atoms with Crippen molar-refractivity contribution in [3.63, 3.8) is 0 Å². The van der Waals surface area contributed by atoms with E-state index in [2.05, 4.69) is 0 Å². The summed E-state index contributed by atoms with van der Waals surface area (Å²) in [7, 11) is 3.93. The lowest BCUT2D eigenvalue weighted by Crippen LogP contribution is -2.28. The molecule has 0 radical (unpaired) electrons. The summed E-state index contributed by atoms with van der Waals surface area (Å²) >= 11 is 0. The Kier molecular flexibility index (Phi) is 3.97. The summed E-state index contributed by atoms with van der Waals surface area (Å²) in [6.45, 7) is 2.18. The van der Waals surface area contributed by atoms with E-state index < -0.39 is 0 Å². The molecule has 0 saturated carbocycles. The summed E-state index contributed by atoms with van der Waals surface area (Å²) in [6.07, 6.45) is 5.03. The van der Waals surface area contributed by atoms with E-state index in [0.29, 0.717) is 6.61 Å². The van der Waals surface area contributed by atoms with E-state index in [-0.39, 0.29) is 5.95 Å². The van der Waals surface area contributed by atoms with Gasteiger partial charge >= 0.3 is 0 Å². The lowest BCUT2D eigenvalue weighted by molar-refractivity contribution is -0.575.